The largest absolute Gasteiger partial charge is 0.341 e. The van der Waals surface area contributed by atoms with Crippen LogP contribution in [0.3, 0.4) is 0 Å². The van der Waals surface area contributed by atoms with Crippen molar-refractivity contribution in [2.75, 3.05) is 32.9 Å². The van der Waals surface area contributed by atoms with Crippen LogP contribution < -0.4 is 5.32 Å². The molecule has 1 aliphatic carbocycles. The van der Waals surface area contributed by atoms with Gasteiger partial charge in [0.1, 0.15) is 6.67 Å². The van der Waals surface area contributed by atoms with Gasteiger partial charge < -0.3 is 10.2 Å². The highest BCUT2D eigenvalue weighted by Crippen LogP contribution is 2.61. The summed E-state index contributed by atoms with van der Waals surface area (Å²) in [6, 6.07) is 0. The second kappa shape index (κ2) is 3.74. The van der Waals surface area contributed by atoms with Crippen LogP contribution in [0.15, 0.2) is 0 Å². The van der Waals surface area contributed by atoms with Gasteiger partial charge >= 0.3 is 0 Å². The summed E-state index contributed by atoms with van der Waals surface area (Å²) < 4.78 is 11.8. The second-order valence-corrected chi connectivity index (χ2v) is 5.20. The van der Waals surface area contributed by atoms with Crippen LogP contribution in [-0.4, -0.2) is 43.7 Å². The third kappa shape index (κ3) is 1.87. The number of likely N-dealkylation sites (tertiary alicyclic amines) is 1. The molecule has 1 amide bonds. The smallest absolute Gasteiger partial charge is 0.236 e. The van der Waals surface area contributed by atoms with E-state index in [0.29, 0.717) is 17.3 Å². The molecular formula is C11H19FN2O. The summed E-state index contributed by atoms with van der Waals surface area (Å²) in [6.07, 6.45) is 0. The van der Waals surface area contributed by atoms with Gasteiger partial charge in [-0.05, 0) is 17.3 Å². The molecule has 0 aromatic rings. The minimum atomic E-state index is -0.411. The molecule has 4 heteroatoms. The maximum atomic E-state index is 11.8. The van der Waals surface area contributed by atoms with Crippen molar-refractivity contribution in [2.24, 2.45) is 17.3 Å². The van der Waals surface area contributed by atoms with E-state index in [4.69, 9.17) is 0 Å². The Labute approximate surface area is 90.0 Å². The molecule has 0 aromatic carbocycles. The third-order valence-corrected chi connectivity index (χ3v) is 4.02. The first-order chi connectivity index (χ1) is 7.07. The Hall–Kier alpha value is -0.640. The maximum absolute atomic E-state index is 11.8. The number of nitrogens with zero attached hydrogens (tertiary/aromatic N) is 1. The summed E-state index contributed by atoms with van der Waals surface area (Å²) >= 11 is 0. The molecule has 1 aliphatic heterocycles. The highest BCUT2D eigenvalue weighted by molar-refractivity contribution is 5.78. The Morgan fingerprint density at radius 3 is 2.60 bits per heavy atom. The van der Waals surface area contributed by atoms with E-state index in [0.717, 1.165) is 13.1 Å². The summed E-state index contributed by atoms with van der Waals surface area (Å²) in [5, 5.41) is 2.80. The number of rotatable bonds is 4. The average molecular weight is 214 g/mol. The molecule has 2 rings (SSSR count). The van der Waals surface area contributed by atoms with Crippen LogP contribution >= 0.6 is 0 Å². The van der Waals surface area contributed by atoms with E-state index in [1.165, 1.54) is 0 Å². The van der Waals surface area contributed by atoms with Crippen LogP contribution in [-0.2, 0) is 4.79 Å². The van der Waals surface area contributed by atoms with Gasteiger partial charge in [0.25, 0.3) is 0 Å². The Kier molecular flexibility index (Phi) is 2.71. The number of nitrogens with one attached hydrogen (secondary N) is 1. The number of carbonyl (C=O) groups is 1. The monoisotopic (exact) mass is 214 g/mol. The first kappa shape index (κ1) is 10.9. The molecule has 0 bridgehead atoms. The Bertz CT molecular complexity index is 253. The molecule has 1 heterocycles. The van der Waals surface area contributed by atoms with Gasteiger partial charge in [-0.1, -0.05) is 13.8 Å². The minimum absolute atomic E-state index is 0.117. The van der Waals surface area contributed by atoms with Gasteiger partial charge in [0.05, 0.1) is 6.54 Å². The van der Waals surface area contributed by atoms with E-state index >= 15 is 0 Å². The molecule has 86 valence electrons. The number of amides is 1. The van der Waals surface area contributed by atoms with E-state index in [1.807, 2.05) is 4.90 Å². The number of hydrogen-bond acceptors (Lipinski definition) is 2. The Balaban J connectivity index is 1.72. The maximum Gasteiger partial charge on any atom is 0.236 e. The molecule has 2 aliphatic rings. The molecule has 0 spiro atoms. The van der Waals surface area contributed by atoms with E-state index in [1.54, 1.807) is 0 Å². The van der Waals surface area contributed by atoms with E-state index in [-0.39, 0.29) is 19.0 Å². The molecule has 1 saturated carbocycles. The fourth-order valence-electron chi connectivity index (χ4n) is 2.71. The molecule has 3 nitrogen and oxygen atoms in total. The van der Waals surface area contributed by atoms with Crippen molar-refractivity contribution in [3.63, 3.8) is 0 Å². The highest BCUT2D eigenvalue weighted by Gasteiger charge is 2.62. The van der Waals surface area contributed by atoms with Crippen molar-refractivity contribution in [2.45, 2.75) is 13.8 Å². The summed E-state index contributed by atoms with van der Waals surface area (Å²) in [4.78, 5) is 13.5. The summed E-state index contributed by atoms with van der Waals surface area (Å²) in [5.41, 5.74) is 0.448. The van der Waals surface area contributed by atoms with E-state index in [9.17, 15) is 9.18 Å². The van der Waals surface area contributed by atoms with Gasteiger partial charge in [-0.15, -0.1) is 0 Å². The minimum Gasteiger partial charge on any atom is -0.341 e. The van der Waals surface area contributed by atoms with E-state index in [2.05, 4.69) is 19.2 Å². The molecule has 2 fully saturated rings. The second-order valence-electron chi connectivity index (χ2n) is 5.20. The van der Waals surface area contributed by atoms with Gasteiger partial charge in [0.15, 0.2) is 0 Å². The topological polar surface area (TPSA) is 32.3 Å². The van der Waals surface area contributed by atoms with Crippen LogP contribution in [0.25, 0.3) is 0 Å². The SMILES string of the molecule is CC1(C)C2CN(C(=O)CNCCF)CC21. The van der Waals surface area contributed by atoms with Gasteiger partial charge in [-0.2, -0.15) is 0 Å². The predicted octanol–water partition coefficient (Wildman–Crippen LogP) is 0.660. The predicted molar refractivity (Wildman–Crippen MR) is 56.2 cm³/mol. The van der Waals surface area contributed by atoms with Crippen molar-refractivity contribution in [3.05, 3.63) is 0 Å². The zero-order chi connectivity index (χ0) is 11.1. The highest BCUT2D eigenvalue weighted by atomic mass is 19.1. The number of halogens is 1. The first-order valence-corrected chi connectivity index (χ1v) is 5.62. The number of carbonyl (C=O) groups excluding carboxylic acids is 1. The summed E-state index contributed by atoms with van der Waals surface area (Å²) in [7, 11) is 0. The molecule has 2 atom stereocenters. The van der Waals surface area contributed by atoms with Gasteiger partial charge in [-0.25, -0.2) is 4.39 Å². The van der Waals surface area contributed by atoms with E-state index < -0.39 is 6.67 Å². The van der Waals surface area contributed by atoms with Gasteiger partial charge in [-0.3, -0.25) is 4.79 Å². The summed E-state index contributed by atoms with van der Waals surface area (Å²) in [5.74, 6) is 1.51. The lowest BCUT2D eigenvalue weighted by molar-refractivity contribution is -0.130. The van der Waals surface area contributed by atoms with Crippen molar-refractivity contribution >= 4 is 5.91 Å². The standard InChI is InChI=1S/C11H19FN2O/c1-11(2)8-6-14(7-9(8)11)10(15)5-13-4-3-12/h8-9,13H,3-7H2,1-2H3. The number of hydrogen-bond donors (Lipinski definition) is 1. The molecule has 1 saturated heterocycles. The van der Waals surface area contributed by atoms with Crippen molar-refractivity contribution in [1.82, 2.24) is 10.2 Å². The lowest BCUT2D eigenvalue weighted by Crippen LogP contribution is -2.39. The number of fused-ring (bicyclic) bond motifs is 1. The van der Waals surface area contributed by atoms with Crippen LogP contribution in [0, 0.1) is 17.3 Å². The fourth-order valence-corrected chi connectivity index (χ4v) is 2.71. The fraction of sp³-hybridized carbons (Fsp3) is 0.909. The van der Waals surface area contributed by atoms with Crippen LogP contribution in [0.1, 0.15) is 13.8 Å². The lowest BCUT2D eigenvalue weighted by Gasteiger charge is -2.22. The van der Waals surface area contributed by atoms with Crippen LogP contribution in [0.2, 0.25) is 0 Å². The molecule has 1 N–H and O–H groups in total. The molecule has 0 aromatic heterocycles. The molecule has 0 radical (unpaired) electrons. The van der Waals surface area contributed by atoms with Crippen LogP contribution in [0.4, 0.5) is 4.39 Å². The lowest BCUT2D eigenvalue weighted by atomic mass is 10.1. The normalized spacial score (nSPS) is 31.5. The van der Waals surface area contributed by atoms with Crippen LogP contribution in [0.5, 0.6) is 0 Å². The van der Waals surface area contributed by atoms with Crippen molar-refractivity contribution < 1.29 is 9.18 Å². The zero-order valence-electron chi connectivity index (χ0n) is 9.42. The number of piperidine rings is 1. The molecular weight excluding hydrogens is 195 g/mol. The van der Waals surface area contributed by atoms with Crippen molar-refractivity contribution in [1.29, 1.82) is 0 Å². The average Bonchev–Trinajstić information content (AvgIpc) is 2.62. The first-order valence-electron chi connectivity index (χ1n) is 5.62. The van der Waals surface area contributed by atoms with Crippen molar-refractivity contribution in [3.8, 4) is 0 Å². The quantitative estimate of drug-likeness (QED) is 0.697. The molecule has 2 unspecified atom stereocenters. The summed E-state index contributed by atoms with van der Waals surface area (Å²) in [6.45, 7) is 6.48. The van der Waals surface area contributed by atoms with Gasteiger partial charge in [0.2, 0.25) is 5.91 Å². The molecule has 15 heavy (non-hydrogen) atoms. The van der Waals surface area contributed by atoms with Gasteiger partial charge in [0, 0.05) is 19.6 Å². The Morgan fingerprint density at radius 1 is 1.47 bits per heavy atom. The third-order valence-electron chi connectivity index (χ3n) is 4.02. The Morgan fingerprint density at radius 2 is 2.07 bits per heavy atom. The number of alkyl halides is 1. The zero-order valence-corrected chi connectivity index (χ0v) is 9.42.